The summed E-state index contributed by atoms with van der Waals surface area (Å²) in [5.74, 6) is 0.104. The first-order valence-electron chi connectivity index (χ1n) is 5.87. The molecule has 0 radical (unpaired) electrons. The van der Waals surface area contributed by atoms with E-state index in [2.05, 4.69) is 0 Å². The number of hydrogen-bond acceptors (Lipinski definition) is 4. The van der Waals surface area contributed by atoms with E-state index in [1.165, 1.54) is 0 Å². The van der Waals surface area contributed by atoms with Gasteiger partial charge in [-0.15, -0.1) is 0 Å². The van der Waals surface area contributed by atoms with E-state index in [1.54, 1.807) is 4.90 Å². The summed E-state index contributed by atoms with van der Waals surface area (Å²) in [6, 6.07) is 0. The van der Waals surface area contributed by atoms with Gasteiger partial charge in [-0.1, -0.05) is 6.92 Å². The van der Waals surface area contributed by atoms with Gasteiger partial charge in [0.15, 0.2) is 0 Å². The van der Waals surface area contributed by atoms with Crippen molar-refractivity contribution < 1.29 is 14.6 Å². The van der Waals surface area contributed by atoms with Gasteiger partial charge in [0.1, 0.15) is 5.54 Å². The van der Waals surface area contributed by atoms with Crippen LogP contribution in [0.25, 0.3) is 0 Å². The highest BCUT2D eigenvalue weighted by atomic mass is 16.5. The van der Waals surface area contributed by atoms with Gasteiger partial charge in [0, 0.05) is 19.7 Å². The van der Waals surface area contributed by atoms with Crippen LogP contribution >= 0.6 is 0 Å². The Bertz CT molecular complexity index is 276. The fourth-order valence-corrected chi connectivity index (χ4v) is 2.38. The summed E-state index contributed by atoms with van der Waals surface area (Å²) in [5.41, 5.74) is 5.20. The quantitative estimate of drug-likeness (QED) is 0.624. The second kappa shape index (κ2) is 4.31. The summed E-state index contributed by atoms with van der Waals surface area (Å²) in [6.07, 6.45) is 0.945. The van der Waals surface area contributed by atoms with Gasteiger partial charge >= 0.3 is 0 Å². The predicted octanol–water partition coefficient (Wildman–Crippen LogP) is -0.666. The van der Waals surface area contributed by atoms with Gasteiger partial charge in [0.2, 0.25) is 5.91 Å². The van der Waals surface area contributed by atoms with Crippen LogP contribution in [0.2, 0.25) is 0 Å². The Hall–Kier alpha value is -0.650. The molecule has 2 saturated heterocycles. The van der Waals surface area contributed by atoms with E-state index >= 15 is 0 Å². The lowest BCUT2D eigenvalue weighted by molar-refractivity contribution is -0.140. The molecule has 3 unspecified atom stereocenters. The van der Waals surface area contributed by atoms with Crippen molar-refractivity contribution in [1.29, 1.82) is 0 Å². The summed E-state index contributed by atoms with van der Waals surface area (Å²) in [5, 5.41) is 9.61. The first-order chi connectivity index (χ1) is 7.53. The maximum Gasteiger partial charge on any atom is 0.245 e. The molecule has 0 spiro atoms. The number of nitrogens with two attached hydrogens (primary N) is 1. The predicted molar refractivity (Wildman–Crippen MR) is 58.7 cm³/mol. The van der Waals surface area contributed by atoms with Gasteiger partial charge < -0.3 is 20.5 Å². The molecule has 2 rings (SSSR count). The highest BCUT2D eigenvalue weighted by Gasteiger charge is 2.42. The van der Waals surface area contributed by atoms with Crippen LogP contribution in [0, 0.1) is 5.92 Å². The molecule has 2 aliphatic rings. The van der Waals surface area contributed by atoms with Crippen LogP contribution in [0.4, 0.5) is 0 Å². The maximum absolute atomic E-state index is 12.2. The fraction of sp³-hybridized carbons (Fsp3) is 0.909. The highest BCUT2D eigenvalue weighted by molar-refractivity contribution is 5.86. The summed E-state index contributed by atoms with van der Waals surface area (Å²) in [7, 11) is 0. The molecule has 0 aromatic heterocycles. The Balaban J connectivity index is 2.00. The van der Waals surface area contributed by atoms with Crippen LogP contribution in [0.5, 0.6) is 0 Å². The van der Waals surface area contributed by atoms with E-state index in [0.717, 1.165) is 0 Å². The van der Waals surface area contributed by atoms with E-state index in [-0.39, 0.29) is 17.9 Å². The van der Waals surface area contributed by atoms with Crippen LogP contribution in [0.15, 0.2) is 0 Å². The molecule has 5 heteroatoms. The third-order valence-electron chi connectivity index (χ3n) is 3.63. The van der Waals surface area contributed by atoms with Crippen molar-refractivity contribution in [2.45, 2.75) is 31.4 Å². The Kier molecular flexibility index (Phi) is 3.19. The molecular formula is C11H20N2O3. The summed E-state index contributed by atoms with van der Waals surface area (Å²) < 4.78 is 5.20. The van der Waals surface area contributed by atoms with E-state index in [9.17, 15) is 9.90 Å². The lowest BCUT2D eigenvalue weighted by atomic mass is 9.92. The number of aliphatic hydroxyl groups is 1. The number of ether oxygens (including phenoxy) is 1. The van der Waals surface area contributed by atoms with Crippen molar-refractivity contribution in [3.8, 4) is 0 Å². The number of hydrogen-bond donors (Lipinski definition) is 2. The second-order valence-corrected chi connectivity index (χ2v) is 5.04. The Labute approximate surface area is 95.5 Å². The molecule has 5 nitrogen and oxygen atoms in total. The molecule has 0 bridgehead atoms. The molecular weight excluding hydrogens is 208 g/mol. The van der Waals surface area contributed by atoms with E-state index < -0.39 is 5.54 Å². The van der Waals surface area contributed by atoms with Crippen LogP contribution in [-0.4, -0.2) is 53.9 Å². The number of piperidine rings is 1. The third kappa shape index (κ3) is 2.07. The minimum Gasteiger partial charge on any atom is -0.393 e. The minimum atomic E-state index is -0.831. The van der Waals surface area contributed by atoms with Gasteiger partial charge in [-0.25, -0.2) is 0 Å². The lowest BCUT2D eigenvalue weighted by Gasteiger charge is -2.38. The number of likely N-dealkylation sites (tertiary alicyclic amines) is 1. The van der Waals surface area contributed by atoms with Gasteiger partial charge in [-0.2, -0.15) is 0 Å². The number of carbonyl (C=O) groups is 1. The first-order valence-corrected chi connectivity index (χ1v) is 5.87. The zero-order chi connectivity index (χ0) is 11.8. The molecule has 0 aromatic carbocycles. The van der Waals surface area contributed by atoms with Crippen molar-refractivity contribution in [3.63, 3.8) is 0 Å². The highest BCUT2D eigenvalue weighted by Crippen LogP contribution is 2.23. The first kappa shape index (κ1) is 11.8. The number of aliphatic hydroxyl groups excluding tert-OH is 1. The van der Waals surface area contributed by atoms with E-state index in [1.807, 2.05) is 6.92 Å². The Morgan fingerprint density at radius 2 is 2.38 bits per heavy atom. The average molecular weight is 228 g/mol. The summed E-state index contributed by atoms with van der Waals surface area (Å²) >= 11 is 0. The SMILES string of the molecule is CC1CN(C(=O)C2(N)CCOC2)CCC1O. The van der Waals surface area contributed by atoms with Crippen molar-refractivity contribution in [2.75, 3.05) is 26.3 Å². The average Bonchev–Trinajstić information content (AvgIpc) is 2.70. The molecule has 0 aliphatic carbocycles. The molecule has 2 aliphatic heterocycles. The Morgan fingerprint density at radius 3 is 2.94 bits per heavy atom. The lowest BCUT2D eigenvalue weighted by Crippen LogP contribution is -2.58. The molecule has 1 amide bonds. The zero-order valence-electron chi connectivity index (χ0n) is 9.69. The van der Waals surface area contributed by atoms with Crippen molar-refractivity contribution in [3.05, 3.63) is 0 Å². The molecule has 16 heavy (non-hydrogen) atoms. The number of rotatable bonds is 1. The van der Waals surface area contributed by atoms with E-state index in [4.69, 9.17) is 10.5 Å². The zero-order valence-corrected chi connectivity index (χ0v) is 9.69. The molecule has 0 aromatic rings. The molecule has 2 heterocycles. The Morgan fingerprint density at radius 1 is 1.62 bits per heavy atom. The largest absolute Gasteiger partial charge is 0.393 e. The molecule has 3 atom stereocenters. The standard InChI is InChI=1S/C11H20N2O3/c1-8-6-13(4-2-9(8)14)10(15)11(12)3-5-16-7-11/h8-9,14H,2-7,12H2,1H3. The number of carbonyl (C=O) groups excluding carboxylic acids is 1. The molecule has 3 N–H and O–H groups in total. The van der Waals surface area contributed by atoms with Gasteiger partial charge in [-0.3, -0.25) is 4.79 Å². The minimum absolute atomic E-state index is 0.0243. The maximum atomic E-state index is 12.2. The summed E-state index contributed by atoms with van der Waals surface area (Å²) in [6.45, 7) is 4.04. The molecule has 2 fully saturated rings. The third-order valence-corrected chi connectivity index (χ3v) is 3.63. The van der Waals surface area contributed by atoms with Crippen LogP contribution < -0.4 is 5.73 Å². The van der Waals surface area contributed by atoms with Crippen LogP contribution in [-0.2, 0) is 9.53 Å². The van der Waals surface area contributed by atoms with Crippen molar-refractivity contribution >= 4 is 5.91 Å². The second-order valence-electron chi connectivity index (χ2n) is 5.04. The van der Waals surface area contributed by atoms with Crippen LogP contribution in [0.1, 0.15) is 19.8 Å². The van der Waals surface area contributed by atoms with Crippen LogP contribution in [0.3, 0.4) is 0 Å². The number of nitrogens with zero attached hydrogens (tertiary/aromatic N) is 1. The smallest absolute Gasteiger partial charge is 0.245 e. The van der Waals surface area contributed by atoms with Gasteiger partial charge in [-0.05, 0) is 18.8 Å². The topological polar surface area (TPSA) is 75.8 Å². The van der Waals surface area contributed by atoms with E-state index in [0.29, 0.717) is 39.1 Å². The monoisotopic (exact) mass is 228 g/mol. The normalized spacial score (nSPS) is 40.1. The van der Waals surface area contributed by atoms with Gasteiger partial charge in [0.05, 0.1) is 12.7 Å². The molecule has 92 valence electrons. The van der Waals surface area contributed by atoms with Crippen molar-refractivity contribution in [1.82, 2.24) is 4.90 Å². The fourth-order valence-electron chi connectivity index (χ4n) is 2.38. The van der Waals surface area contributed by atoms with Crippen molar-refractivity contribution in [2.24, 2.45) is 11.7 Å². The number of amides is 1. The molecule has 0 saturated carbocycles. The van der Waals surface area contributed by atoms with Gasteiger partial charge in [0.25, 0.3) is 0 Å². The summed E-state index contributed by atoms with van der Waals surface area (Å²) in [4.78, 5) is 14.0.